The first-order valence-electron chi connectivity index (χ1n) is 11.1. The van der Waals surface area contributed by atoms with Crippen LogP contribution in [0.1, 0.15) is 41.6 Å². The van der Waals surface area contributed by atoms with E-state index in [9.17, 15) is 14.4 Å². The van der Waals surface area contributed by atoms with E-state index < -0.39 is 0 Å². The van der Waals surface area contributed by atoms with Gasteiger partial charge in [0.25, 0.3) is 5.91 Å². The van der Waals surface area contributed by atoms with E-state index in [1.165, 1.54) is 11.3 Å². The lowest BCUT2D eigenvalue weighted by Crippen LogP contribution is -2.37. The van der Waals surface area contributed by atoms with Crippen molar-refractivity contribution in [2.75, 3.05) is 39.8 Å². The number of rotatable bonds is 9. The minimum Gasteiger partial charge on any atom is -0.497 e. The van der Waals surface area contributed by atoms with E-state index in [2.05, 4.69) is 5.32 Å². The highest BCUT2D eigenvalue weighted by molar-refractivity contribution is 7.08. The zero-order valence-electron chi connectivity index (χ0n) is 18.5. The van der Waals surface area contributed by atoms with E-state index in [-0.39, 0.29) is 17.7 Å². The molecule has 0 atom stereocenters. The monoisotopic (exact) mass is 457 g/mol. The standard InChI is InChI=1S/C24H31N3O4S/c1-31-21-8-5-19(6-9-21)7-10-23(29)27-14-3-13-26(15-16-27)22(28)4-2-12-25-24(30)20-11-17-32-18-20/h5-6,8-9,11,17-18H,2-4,7,10,12-16H2,1H3,(H,25,30). The molecular weight excluding hydrogens is 426 g/mol. The molecule has 1 fully saturated rings. The van der Waals surface area contributed by atoms with Crippen molar-refractivity contribution in [3.63, 3.8) is 0 Å². The lowest BCUT2D eigenvalue weighted by Gasteiger charge is -2.22. The van der Waals surface area contributed by atoms with Gasteiger partial charge in [-0.25, -0.2) is 0 Å². The summed E-state index contributed by atoms with van der Waals surface area (Å²) in [6.07, 6.45) is 2.95. The van der Waals surface area contributed by atoms with E-state index in [0.717, 1.165) is 17.7 Å². The molecule has 7 nitrogen and oxygen atoms in total. The molecule has 1 aromatic carbocycles. The normalized spacial score (nSPS) is 14.0. The van der Waals surface area contributed by atoms with Gasteiger partial charge in [-0.05, 0) is 48.4 Å². The fourth-order valence-corrected chi connectivity index (χ4v) is 4.35. The molecule has 0 aliphatic carbocycles. The second kappa shape index (κ2) is 12.2. The van der Waals surface area contributed by atoms with Gasteiger partial charge < -0.3 is 19.9 Å². The molecule has 2 aromatic rings. The van der Waals surface area contributed by atoms with Crippen molar-refractivity contribution in [1.82, 2.24) is 15.1 Å². The summed E-state index contributed by atoms with van der Waals surface area (Å²) >= 11 is 1.48. The molecule has 3 rings (SSSR count). The Morgan fingerprint density at radius 1 is 0.969 bits per heavy atom. The molecule has 1 aromatic heterocycles. The van der Waals surface area contributed by atoms with Crippen LogP contribution in [-0.4, -0.2) is 67.4 Å². The quantitative estimate of drug-likeness (QED) is 0.587. The van der Waals surface area contributed by atoms with Gasteiger partial charge in [-0.15, -0.1) is 0 Å². The Morgan fingerprint density at radius 2 is 1.66 bits per heavy atom. The first-order chi connectivity index (χ1) is 15.6. The van der Waals surface area contributed by atoms with Crippen LogP contribution in [0, 0.1) is 0 Å². The molecule has 1 saturated heterocycles. The average Bonchev–Trinajstić information content (AvgIpc) is 3.25. The van der Waals surface area contributed by atoms with E-state index in [4.69, 9.17) is 4.74 Å². The Hall–Kier alpha value is -2.87. The smallest absolute Gasteiger partial charge is 0.252 e. The molecule has 8 heteroatoms. The molecule has 32 heavy (non-hydrogen) atoms. The molecule has 1 N–H and O–H groups in total. The number of benzene rings is 1. The number of ether oxygens (including phenoxy) is 1. The summed E-state index contributed by atoms with van der Waals surface area (Å²) in [5.41, 5.74) is 1.77. The largest absolute Gasteiger partial charge is 0.497 e. The predicted octanol–water partition coefficient (Wildman–Crippen LogP) is 2.96. The fraction of sp³-hybridized carbons (Fsp3) is 0.458. The summed E-state index contributed by atoms with van der Waals surface area (Å²) < 4.78 is 5.16. The predicted molar refractivity (Wildman–Crippen MR) is 125 cm³/mol. The van der Waals surface area contributed by atoms with Crippen molar-refractivity contribution in [2.24, 2.45) is 0 Å². The summed E-state index contributed by atoms with van der Waals surface area (Å²) in [5.74, 6) is 0.924. The maximum Gasteiger partial charge on any atom is 0.252 e. The fourth-order valence-electron chi connectivity index (χ4n) is 3.71. The summed E-state index contributed by atoms with van der Waals surface area (Å²) in [4.78, 5) is 40.9. The number of methoxy groups -OCH3 is 1. The van der Waals surface area contributed by atoms with E-state index in [0.29, 0.717) is 64.0 Å². The highest BCUT2D eigenvalue weighted by atomic mass is 32.1. The molecular formula is C24H31N3O4S. The van der Waals surface area contributed by atoms with Crippen LogP contribution in [0.4, 0.5) is 0 Å². The third-order valence-electron chi connectivity index (χ3n) is 5.62. The topological polar surface area (TPSA) is 79.0 Å². The number of hydrogen-bond acceptors (Lipinski definition) is 5. The van der Waals surface area contributed by atoms with Crippen molar-refractivity contribution in [3.8, 4) is 5.75 Å². The Kier molecular flexibility index (Phi) is 9.10. The Bertz CT molecular complexity index is 883. The van der Waals surface area contributed by atoms with Crippen molar-refractivity contribution < 1.29 is 19.1 Å². The van der Waals surface area contributed by atoms with Crippen LogP contribution in [0.3, 0.4) is 0 Å². The summed E-state index contributed by atoms with van der Waals surface area (Å²) in [6.45, 7) is 2.96. The maximum atomic E-state index is 12.7. The molecule has 3 amide bonds. The lowest BCUT2D eigenvalue weighted by molar-refractivity contribution is -0.133. The van der Waals surface area contributed by atoms with Gasteiger partial charge in [0.2, 0.25) is 11.8 Å². The maximum absolute atomic E-state index is 12.7. The molecule has 2 heterocycles. The number of carbonyl (C=O) groups is 3. The Labute approximate surface area is 193 Å². The number of carbonyl (C=O) groups excluding carboxylic acids is 3. The van der Waals surface area contributed by atoms with Crippen molar-refractivity contribution in [1.29, 1.82) is 0 Å². The van der Waals surface area contributed by atoms with Gasteiger partial charge in [0.1, 0.15) is 5.75 Å². The summed E-state index contributed by atoms with van der Waals surface area (Å²) in [6, 6.07) is 9.56. The molecule has 0 bridgehead atoms. The first-order valence-corrected chi connectivity index (χ1v) is 12.0. The van der Waals surface area contributed by atoms with Crippen LogP contribution in [0.25, 0.3) is 0 Å². The molecule has 1 aliphatic rings. The molecule has 0 saturated carbocycles. The van der Waals surface area contributed by atoms with E-state index >= 15 is 0 Å². The number of thiophene rings is 1. The Morgan fingerprint density at radius 3 is 2.28 bits per heavy atom. The third kappa shape index (κ3) is 7.09. The molecule has 0 unspecified atom stereocenters. The number of hydrogen-bond donors (Lipinski definition) is 1. The second-order valence-corrected chi connectivity index (χ2v) is 8.61. The molecule has 0 spiro atoms. The van der Waals surface area contributed by atoms with Gasteiger partial charge >= 0.3 is 0 Å². The van der Waals surface area contributed by atoms with Crippen LogP contribution in [0.2, 0.25) is 0 Å². The highest BCUT2D eigenvalue weighted by Gasteiger charge is 2.21. The van der Waals surface area contributed by atoms with Crippen molar-refractivity contribution >= 4 is 29.1 Å². The van der Waals surface area contributed by atoms with Crippen LogP contribution in [0.5, 0.6) is 5.75 Å². The van der Waals surface area contributed by atoms with E-state index in [1.807, 2.05) is 44.8 Å². The SMILES string of the molecule is COc1ccc(CCC(=O)N2CCCN(C(=O)CCCNC(=O)c3ccsc3)CC2)cc1. The van der Waals surface area contributed by atoms with Crippen molar-refractivity contribution in [2.45, 2.75) is 32.1 Å². The summed E-state index contributed by atoms with van der Waals surface area (Å²) in [7, 11) is 1.64. The molecule has 0 radical (unpaired) electrons. The van der Waals surface area contributed by atoms with Gasteiger partial charge in [-0.1, -0.05) is 12.1 Å². The van der Waals surface area contributed by atoms with Crippen LogP contribution < -0.4 is 10.1 Å². The number of nitrogens with zero attached hydrogens (tertiary/aromatic N) is 2. The Balaban J connectivity index is 1.35. The van der Waals surface area contributed by atoms with Gasteiger partial charge in [0.15, 0.2) is 0 Å². The summed E-state index contributed by atoms with van der Waals surface area (Å²) in [5, 5.41) is 6.52. The number of amides is 3. The van der Waals surface area contributed by atoms with Gasteiger partial charge in [-0.2, -0.15) is 11.3 Å². The van der Waals surface area contributed by atoms with E-state index in [1.54, 1.807) is 13.2 Å². The molecule has 172 valence electrons. The average molecular weight is 458 g/mol. The zero-order valence-corrected chi connectivity index (χ0v) is 19.4. The van der Waals surface area contributed by atoms with Gasteiger partial charge in [-0.3, -0.25) is 14.4 Å². The molecule has 1 aliphatic heterocycles. The van der Waals surface area contributed by atoms with Crippen LogP contribution in [0.15, 0.2) is 41.1 Å². The second-order valence-electron chi connectivity index (χ2n) is 7.83. The minimum atomic E-state index is -0.0998. The zero-order chi connectivity index (χ0) is 22.8. The lowest BCUT2D eigenvalue weighted by atomic mass is 10.1. The first kappa shape index (κ1) is 23.8. The highest BCUT2D eigenvalue weighted by Crippen LogP contribution is 2.14. The number of nitrogens with one attached hydrogen (secondary N) is 1. The third-order valence-corrected chi connectivity index (χ3v) is 6.31. The number of aryl methyl sites for hydroxylation is 1. The van der Waals surface area contributed by atoms with Gasteiger partial charge in [0, 0.05) is 56.5 Å². The van der Waals surface area contributed by atoms with Gasteiger partial charge in [0.05, 0.1) is 7.11 Å². The van der Waals surface area contributed by atoms with Crippen LogP contribution >= 0.6 is 11.3 Å². The minimum absolute atomic E-state index is 0.0855. The van der Waals surface area contributed by atoms with Crippen LogP contribution in [-0.2, 0) is 16.0 Å². The van der Waals surface area contributed by atoms with Crippen molar-refractivity contribution in [3.05, 3.63) is 52.2 Å².